The number of fused-ring (bicyclic) bond motifs is 1. The molecule has 0 saturated carbocycles. The highest BCUT2D eigenvalue weighted by atomic mass is 16.4. The molecule has 2 aromatic carbocycles. The predicted octanol–water partition coefficient (Wildman–Crippen LogP) is 1.58. The van der Waals surface area contributed by atoms with Crippen molar-refractivity contribution in [1.29, 1.82) is 0 Å². The molecule has 0 unspecified atom stereocenters. The van der Waals surface area contributed by atoms with Crippen molar-refractivity contribution in [3.05, 3.63) is 60.9 Å². The van der Waals surface area contributed by atoms with Gasteiger partial charge in [-0.15, -0.1) is 0 Å². The van der Waals surface area contributed by atoms with E-state index in [1.165, 1.54) is 0 Å². The first kappa shape index (κ1) is 11.9. The molecule has 0 fully saturated rings. The smallest absolute Gasteiger partial charge is 0.423 e. The van der Waals surface area contributed by atoms with Gasteiger partial charge in [-0.1, -0.05) is 30.3 Å². The number of benzene rings is 2. The standard InChI is InChI=1S/C15H12BNO2/c18-16(19)15-3-1-2-13-10-12(4-5-14(13)15)11-6-8-17-9-7-11/h1-10,18-19H. The molecule has 92 valence electrons. The van der Waals surface area contributed by atoms with Crippen molar-refractivity contribution in [2.24, 2.45) is 0 Å². The maximum atomic E-state index is 9.36. The number of rotatable bonds is 2. The van der Waals surface area contributed by atoms with Gasteiger partial charge in [-0.05, 0) is 45.6 Å². The van der Waals surface area contributed by atoms with Crippen LogP contribution in [0.1, 0.15) is 0 Å². The average Bonchev–Trinajstić information content (AvgIpc) is 2.47. The van der Waals surface area contributed by atoms with Crippen LogP contribution >= 0.6 is 0 Å². The maximum absolute atomic E-state index is 9.36. The second-order valence-corrected chi connectivity index (χ2v) is 4.39. The molecule has 0 amide bonds. The normalized spacial score (nSPS) is 10.6. The van der Waals surface area contributed by atoms with Crippen molar-refractivity contribution in [2.75, 3.05) is 0 Å². The van der Waals surface area contributed by atoms with E-state index < -0.39 is 7.12 Å². The van der Waals surface area contributed by atoms with Crippen molar-refractivity contribution in [3.8, 4) is 11.1 Å². The highest BCUT2D eigenvalue weighted by Gasteiger charge is 2.14. The van der Waals surface area contributed by atoms with Crippen molar-refractivity contribution in [1.82, 2.24) is 4.98 Å². The van der Waals surface area contributed by atoms with Crippen LogP contribution < -0.4 is 5.46 Å². The van der Waals surface area contributed by atoms with E-state index in [-0.39, 0.29) is 0 Å². The van der Waals surface area contributed by atoms with Gasteiger partial charge in [0.15, 0.2) is 0 Å². The van der Waals surface area contributed by atoms with Gasteiger partial charge in [0.05, 0.1) is 0 Å². The van der Waals surface area contributed by atoms with Gasteiger partial charge in [0.2, 0.25) is 0 Å². The van der Waals surface area contributed by atoms with Crippen LogP contribution in [0.15, 0.2) is 60.9 Å². The van der Waals surface area contributed by atoms with E-state index in [0.717, 1.165) is 21.9 Å². The first-order valence-corrected chi connectivity index (χ1v) is 6.05. The molecule has 0 atom stereocenters. The summed E-state index contributed by atoms with van der Waals surface area (Å²) in [6.45, 7) is 0. The van der Waals surface area contributed by atoms with Crippen LogP contribution in [0.5, 0.6) is 0 Å². The number of aromatic nitrogens is 1. The van der Waals surface area contributed by atoms with Crippen molar-refractivity contribution >= 4 is 23.4 Å². The van der Waals surface area contributed by atoms with E-state index in [0.29, 0.717) is 5.46 Å². The highest BCUT2D eigenvalue weighted by molar-refractivity contribution is 6.62. The number of hydrogen-bond acceptors (Lipinski definition) is 3. The molecular formula is C15H12BNO2. The SMILES string of the molecule is OB(O)c1cccc2cc(-c3ccncc3)ccc12. The van der Waals surface area contributed by atoms with Crippen LogP contribution in [0.2, 0.25) is 0 Å². The third-order valence-electron chi connectivity index (χ3n) is 3.21. The summed E-state index contributed by atoms with van der Waals surface area (Å²) in [5, 5.41) is 20.6. The average molecular weight is 249 g/mol. The minimum absolute atomic E-state index is 0.527. The monoisotopic (exact) mass is 249 g/mol. The lowest BCUT2D eigenvalue weighted by atomic mass is 9.77. The first-order valence-electron chi connectivity index (χ1n) is 6.05. The van der Waals surface area contributed by atoms with Gasteiger partial charge < -0.3 is 10.0 Å². The zero-order valence-corrected chi connectivity index (χ0v) is 10.2. The molecule has 0 aliphatic heterocycles. The lowest BCUT2D eigenvalue weighted by molar-refractivity contribution is 0.426. The summed E-state index contributed by atoms with van der Waals surface area (Å²) in [4.78, 5) is 4.00. The summed E-state index contributed by atoms with van der Waals surface area (Å²) in [7, 11) is -1.45. The molecule has 0 bridgehead atoms. The molecule has 2 N–H and O–H groups in total. The van der Waals surface area contributed by atoms with E-state index in [9.17, 15) is 10.0 Å². The van der Waals surface area contributed by atoms with Gasteiger partial charge in [-0.25, -0.2) is 0 Å². The van der Waals surface area contributed by atoms with Gasteiger partial charge in [0, 0.05) is 12.4 Å². The Balaban J connectivity index is 2.18. The molecule has 1 aromatic heterocycles. The molecule has 0 aliphatic carbocycles. The van der Waals surface area contributed by atoms with Gasteiger partial charge in [0.1, 0.15) is 0 Å². The fraction of sp³-hybridized carbons (Fsp3) is 0. The zero-order chi connectivity index (χ0) is 13.2. The van der Waals surface area contributed by atoms with Gasteiger partial charge >= 0.3 is 7.12 Å². The Morgan fingerprint density at radius 2 is 1.63 bits per heavy atom. The predicted molar refractivity (Wildman–Crippen MR) is 77.0 cm³/mol. The quantitative estimate of drug-likeness (QED) is 0.678. The molecule has 0 aliphatic rings. The molecule has 0 spiro atoms. The summed E-state index contributed by atoms with van der Waals surface area (Å²) < 4.78 is 0. The minimum Gasteiger partial charge on any atom is -0.423 e. The van der Waals surface area contributed by atoms with Gasteiger partial charge in [-0.3, -0.25) is 4.98 Å². The Hall–Kier alpha value is -2.17. The fourth-order valence-corrected chi connectivity index (χ4v) is 2.26. The number of hydrogen-bond donors (Lipinski definition) is 2. The molecule has 3 aromatic rings. The zero-order valence-electron chi connectivity index (χ0n) is 10.2. The van der Waals surface area contributed by atoms with E-state index in [4.69, 9.17) is 0 Å². The van der Waals surface area contributed by atoms with E-state index in [2.05, 4.69) is 4.98 Å². The Kier molecular flexibility index (Phi) is 3.03. The summed E-state index contributed by atoms with van der Waals surface area (Å²) in [6, 6.07) is 15.3. The van der Waals surface area contributed by atoms with Crippen molar-refractivity contribution in [3.63, 3.8) is 0 Å². The third-order valence-corrected chi connectivity index (χ3v) is 3.21. The third kappa shape index (κ3) is 2.23. The minimum atomic E-state index is -1.45. The molecule has 19 heavy (non-hydrogen) atoms. The van der Waals surface area contributed by atoms with Crippen LogP contribution in [0.3, 0.4) is 0 Å². The Morgan fingerprint density at radius 3 is 2.37 bits per heavy atom. The molecule has 3 rings (SSSR count). The fourth-order valence-electron chi connectivity index (χ4n) is 2.26. The lowest BCUT2D eigenvalue weighted by Crippen LogP contribution is -2.30. The van der Waals surface area contributed by atoms with Gasteiger partial charge in [-0.2, -0.15) is 0 Å². The van der Waals surface area contributed by atoms with Crippen LogP contribution in [-0.2, 0) is 0 Å². The molecule has 1 heterocycles. The number of pyridine rings is 1. The topological polar surface area (TPSA) is 53.4 Å². The van der Waals surface area contributed by atoms with E-state index >= 15 is 0 Å². The highest BCUT2D eigenvalue weighted by Crippen LogP contribution is 2.23. The Morgan fingerprint density at radius 1 is 0.842 bits per heavy atom. The van der Waals surface area contributed by atoms with E-state index in [1.54, 1.807) is 18.5 Å². The summed E-state index contributed by atoms with van der Waals surface area (Å²) in [6.07, 6.45) is 3.51. The van der Waals surface area contributed by atoms with Crippen LogP contribution in [-0.4, -0.2) is 22.2 Å². The summed E-state index contributed by atoms with van der Waals surface area (Å²) in [5.74, 6) is 0. The molecule has 0 saturated heterocycles. The molecule has 0 radical (unpaired) electrons. The summed E-state index contributed by atoms with van der Waals surface area (Å²) >= 11 is 0. The van der Waals surface area contributed by atoms with Crippen LogP contribution in [0.25, 0.3) is 21.9 Å². The Bertz CT molecular complexity index is 714. The molecule has 3 nitrogen and oxygen atoms in total. The van der Waals surface area contributed by atoms with Gasteiger partial charge in [0.25, 0.3) is 0 Å². The summed E-state index contributed by atoms with van der Waals surface area (Å²) in [5.41, 5.74) is 2.70. The largest absolute Gasteiger partial charge is 0.489 e. The second kappa shape index (κ2) is 4.84. The Labute approximate surface area is 111 Å². The van der Waals surface area contributed by atoms with Crippen molar-refractivity contribution < 1.29 is 10.0 Å². The van der Waals surface area contributed by atoms with Crippen LogP contribution in [0, 0.1) is 0 Å². The second-order valence-electron chi connectivity index (χ2n) is 4.39. The number of nitrogens with zero attached hydrogens (tertiary/aromatic N) is 1. The lowest BCUT2D eigenvalue weighted by Gasteiger charge is -2.08. The van der Waals surface area contributed by atoms with E-state index in [1.807, 2.05) is 42.5 Å². The maximum Gasteiger partial charge on any atom is 0.489 e. The van der Waals surface area contributed by atoms with Crippen LogP contribution in [0.4, 0.5) is 0 Å². The molecular weight excluding hydrogens is 237 g/mol. The van der Waals surface area contributed by atoms with Crippen molar-refractivity contribution in [2.45, 2.75) is 0 Å². The molecule has 4 heteroatoms. The first-order chi connectivity index (χ1) is 9.25.